The van der Waals surface area contributed by atoms with Gasteiger partial charge in [0.15, 0.2) is 0 Å². The molecular weight excluding hydrogens is 386 g/mol. The molecule has 0 saturated heterocycles. The minimum absolute atomic E-state index is 0.0807. The summed E-state index contributed by atoms with van der Waals surface area (Å²) in [6.45, 7) is 14.1. The van der Waals surface area contributed by atoms with Crippen LogP contribution in [-0.2, 0) is 9.53 Å². The van der Waals surface area contributed by atoms with Gasteiger partial charge in [-0.05, 0) is 87.9 Å². The van der Waals surface area contributed by atoms with E-state index in [0.717, 1.165) is 45.6 Å². The van der Waals surface area contributed by atoms with Crippen molar-refractivity contribution < 1.29 is 14.3 Å². The monoisotopic (exact) mass is 419 g/mol. The zero-order valence-electron chi connectivity index (χ0n) is 19.7. The number of carbonyl (C=O) groups excluding carboxylic acids is 2. The predicted octanol–water partition coefficient (Wildman–Crippen LogP) is 6.46. The molecule has 2 rings (SSSR count). The molecule has 31 heavy (non-hydrogen) atoms. The average molecular weight is 420 g/mol. The molecule has 0 radical (unpaired) electrons. The van der Waals surface area contributed by atoms with Gasteiger partial charge in [0, 0.05) is 17.3 Å². The number of benzene rings is 2. The first-order valence-corrected chi connectivity index (χ1v) is 10.7. The number of esters is 1. The first kappa shape index (κ1) is 24.1. The van der Waals surface area contributed by atoms with Crippen LogP contribution in [0.3, 0.4) is 0 Å². The number of allylic oxidation sites excluding steroid dienone is 2. The predicted molar refractivity (Wildman–Crippen MR) is 128 cm³/mol. The molecule has 0 atom stereocenters. The molecule has 0 fully saturated rings. The Morgan fingerprint density at radius 1 is 0.968 bits per heavy atom. The third-order valence-electron chi connectivity index (χ3n) is 5.25. The summed E-state index contributed by atoms with van der Waals surface area (Å²) in [6, 6.07) is 9.90. The fourth-order valence-electron chi connectivity index (χ4n) is 3.73. The van der Waals surface area contributed by atoms with Gasteiger partial charge >= 0.3 is 5.97 Å². The van der Waals surface area contributed by atoms with Gasteiger partial charge in [-0.25, -0.2) is 4.79 Å². The van der Waals surface area contributed by atoms with Crippen LogP contribution in [0.15, 0.2) is 48.2 Å². The number of nitrogens with zero attached hydrogens (tertiary/aromatic N) is 1. The van der Waals surface area contributed by atoms with E-state index in [1.165, 1.54) is 6.08 Å². The normalized spacial score (nSPS) is 11.6. The molecule has 0 saturated carbocycles. The van der Waals surface area contributed by atoms with Crippen LogP contribution in [0.2, 0.25) is 0 Å². The lowest BCUT2D eigenvalue weighted by Crippen LogP contribution is -2.31. The molecule has 0 aliphatic carbocycles. The van der Waals surface area contributed by atoms with E-state index in [0.29, 0.717) is 12.2 Å². The van der Waals surface area contributed by atoms with Crippen LogP contribution in [0, 0.1) is 27.7 Å². The third-order valence-corrected chi connectivity index (χ3v) is 5.25. The first-order valence-electron chi connectivity index (χ1n) is 10.7. The quantitative estimate of drug-likeness (QED) is 0.382. The van der Waals surface area contributed by atoms with Gasteiger partial charge < -0.3 is 4.74 Å². The second kappa shape index (κ2) is 10.8. The molecular formula is C27H33NO3. The SMILES string of the molecule is CC/C=C(\C)N(C(=O)c1cc(/C=C/C(=O)OCC)c(C)cc1C)c1c(C)cccc1C. The van der Waals surface area contributed by atoms with Gasteiger partial charge in [0.25, 0.3) is 5.91 Å². The molecule has 0 N–H and O–H groups in total. The molecule has 4 heteroatoms. The number of aryl methyl sites for hydroxylation is 4. The standard InChI is InChI=1S/C27H33NO3/c1-8-11-22(7)28(26-18(3)12-10-13-19(26)4)27(30)24-17-23(20(5)16-21(24)6)14-15-25(29)31-9-2/h10-17H,8-9H2,1-7H3/b15-14+,22-11+. The van der Waals surface area contributed by atoms with Gasteiger partial charge in [-0.2, -0.15) is 0 Å². The summed E-state index contributed by atoms with van der Waals surface area (Å²) >= 11 is 0. The topological polar surface area (TPSA) is 46.6 Å². The Labute approximate surface area is 186 Å². The van der Waals surface area contributed by atoms with Gasteiger partial charge in [0.1, 0.15) is 0 Å². The molecule has 0 unspecified atom stereocenters. The smallest absolute Gasteiger partial charge is 0.330 e. The van der Waals surface area contributed by atoms with E-state index in [-0.39, 0.29) is 5.91 Å². The Hall–Kier alpha value is -3.14. The number of amides is 1. The summed E-state index contributed by atoms with van der Waals surface area (Å²) in [5, 5.41) is 0. The van der Waals surface area contributed by atoms with Gasteiger partial charge in [-0.1, -0.05) is 37.3 Å². The second-order valence-electron chi connectivity index (χ2n) is 7.74. The van der Waals surface area contributed by atoms with Crippen molar-refractivity contribution in [3.63, 3.8) is 0 Å². The van der Waals surface area contributed by atoms with Crippen molar-refractivity contribution in [2.45, 2.75) is 54.9 Å². The Balaban J connectivity index is 2.61. The van der Waals surface area contributed by atoms with E-state index in [4.69, 9.17) is 4.74 Å². The van der Waals surface area contributed by atoms with Crippen LogP contribution in [0.1, 0.15) is 65.4 Å². The highest BCUT2D eigenvalue weighted by molar-refractivity contribution is 6.10. The summed E-state index contributed by atoms with van der Waals surface area (Å²) in [4.78, 5) is 27.4. The van der Waals surface area contributed by atoms with Gasteiger partial charge in [0.05, 0.1) is 12.3 Å². The largest absolute Gasteiger partial charge is 0.463 e. The number of hydrogen-bond donors (Lipinski definition) is 0. The van der Waals surface area contributed by atoms with E-state index >= 15 is 0 Å². The number of ether oxygens (including phenoxy) is 1. The number of anilines is 1. The summed E-state index contributed by atoms with van der Waals surface area (Å²) in [5.41, 5.74) is 7.23. The van der Waals surface area contributed by atoms with Crippen LogP contribution < -0.4 is 4.90 Å². The average Bonchev–Trinajstić information content (AvgIpc) is 2.70. The maximum atomic E-state index is 13.9. The molecule has 2 aromatic carbocycles. The number of hydrogen-bond acceptors (Lipinski definition) is 3. The van der Waals surface area contributed by atoms with Gasteiger partial charge in [-0.15, -0.1) is 0 Å². The van der Waals surface area contributed by atoms with E-state index in [9.17, 15) is 9.59 Å². The maximum absolute atomic E-state index is 13.9. The highest BCUT2D eigenvalue weighted by Gasteiger charge is 2.24. The van der Waals surface area contributed by atoms with Crippen LogP contribution in [0.25, 0.3) is 6.08 Å². The summed E-state index contributed by atoms with van der Waals surface area (Å²) in [5.74, 6) is -0.475. The Bertz CT molecular complexity index is 1010. The fraction of sp³-hybridized carbons (Fsp3) is 0.333. The molecule has 0 aromatic heterocycles. The van der Waals surface area contributed by atoms with Gasteiger partial charge in [-0.3, -0.25) is 9.69 Å². The minimum atomic E-state index is -0.394. The molecule has 0 bridgehead atoms. The maximum Gasteiger partial charge on any atom is 0.330 e. The molecule has 4 nitrogen and oxygen atoms in total. The van der Waals surface area contributed by atoms with Crippen molar-refractivity contribution in [2.75, 3.05) is 11.5 Å². The van der Waals surface area contributed by atoms with Crippen molar-refractivity contribution in [2.24, 2.45) is 0 Å². The van der Waals surface area contributed by atoms with E-state index in [2.05, 4.69) is 13.0 Å². The molecule has 1 amide bonds. The molecule has 0 aliphatic heterocycles. The van der Waals surface area contributed by atoms with Crippen LogP contribution in [0.5, 0.6) is 0 Å². The van der Waals surface area contributed by atoms with Crippen LogP contribution >= 0.6 is 0 Å². The highest BCUT2D eigenvalue weighted by atomic mass is 16.5. The molecule has 164 valence electrons. The van der Waals surface area contributed by atoms with Crippen molar-refractivity contribution in [1.29, 1.82) is 0 Å². The molecule has 0 spiro atoms. The summed E-state index contributed by atoms with van der Waals surface area (Å²) in [7, 11) is 0. The van der Waals surface area contributed by atoms with Crippen LogP contribution in [0.4, 0.5) is 5.69 Å². The Morgan fingerprint density at radius 2 is 1.61 bits per heavy atom. The molecule has 0 aliphatic rings. The zero-order chi connectivity index (χ0) is 23.1. The van der Waals surface area contributed by atoms with E-state index in [1.54, 1.807) is 13.0 Å². The molecule has 0 heterocycles. The lowest BCUT2D eigenvalue weighted by molar-refractivity contribution is -0.137. The van der Waals surface area contributed by atoms with E-state index < -0.39 is 5.97 Å². The summed E-state index contributed by atoms with van der Waals surface area (Å²) in [6.07, 6.45) is 6.01. The molecule has 2 aromatic rings. The van der Waals surface area contributed by atoms with Crippen molar-refractivity contribution in [1.82, 2.24) is 0 Å². The number of rotatable bonds is 7. The zero-order valence-corrected chi connectivity index (χ0v) is 19.7. The van der Waals surface area contributed by atoms with Crippen LogP contribution in [-0.4, -0.2) is 18.5 Å². The number of para-hydroxylation sites is 1. The third kappa shape index (κ3) is 5.72. The van der Waals surface area contributed by atoms with Crippen molar-refractivity contribution >= 4 is 23.6 Å². The minimum Gasteiger partial charge on any atom is -0.463 e. The lowest BCUT2D eigenvalue weighted by Gasteiger charge is -2.28. The fourth-order valence-corrected chi connectivity index (χ4v) is 3.73. The second-order valence-corrected chi connectivity index (χ2v) is 7.74. The highest BCUT2D eigenvalue weighted by Crippen LogP contribution is 2.31. The van der Waals surface area contributed by atoms with E-state index in [1.807, 2.05) is 69.9 Å². The number of carbonyl (C=O) groups is 2. The Morgan fingerprint density at radius 3 is 2.19 bits per heavy atom. The lowest BCUT2D eigenvalue weighted by atomic mass is 9.97. The van der Waals surface area contributed by atoms with Crippen molar-refractivity contribution in [3.05, 3.63) is 81.6 Å². The summed E-state index contributed by atoms with van der Waals surface area (Å²) < 4.78 is 4.98. The van der Waals surface area contributed by atoms with Crippen molar-refractivity contribution in [3.8, 4) is 0 Å². The first-order chi connectivity index (χ1) is 14.7. The Kier molecular flexibility index (Phi) is 8.38. The van der Waals surface area contributed by atoms with Gasteiger partial charge in [0.2, 0.25) is 0 Å².